The number of carbonyl (C=O) groups excluding carboxylic acids is 1. The van der Waals surface area contributed by atoms with E-state index >= 15 is 0 Å². The van der Waals surface area contributed by atoms with Crippen LogP contribution in [-0.2, 0) is 4.79 Å². The van der Waals surface area contributed by atoms with Crippen LogP contribution >= 0.6 is 24.0 Å². The van der Waals surface area contributed by atoms with E-state index in [1.807, 2.05) is 0 Å². The molecule has 3 aromatic rings. The highest BCUT2D eigenvalue weighted by molar-refractivity contribution is 8.27. The predicted molar refractivity (Wildman–Crippen MR) is 105 cm³/mol. The Morgan fingerprint density at radius 2 is 1.81 bits per heavy atom. The average Bonchev–Trinajstić information content (AvgIpc) is 2.92. The van der Waals surface area contributed by atoms with Gasteiger partial charge in [-0.25, -0.2) is 4.39 Å². The summed E-state index contributed by atoms with van der Waals surface area (Å²) in [6.07, 6.45) is 2.73. The van der Waals surface area contributed by atoms with Crippen LogP contribution in [0.3, 0.4) is 0 Å². The first kappa shape index (κ1) is 16.7. The molecule has 0 aliphatic carbocycles. The summed E-state index contributed by atoms with van der Waals surface area (Å²) < 4.78 is 19.7. The standard InChI is InChI=1S/C19H10FNO3S2/c20-13-6-2-3-7-14(13)21-18(23)16(26-19(21)25)9-11-10-24-15-8-4-1-5-12(15)17(11)22/h1-10H/b16-9+. The van der Waals surface area contributed by atoms with Crippen LogP contribution in [0.15, 0.2) is 68.9 Å². The van der Waals surface area contributed by atoms with Crippen LogP contribution in [0.5, 0.6) is 0 Å². The fraction of sp³-hybridized carbons (Fsp3) is 0. The van der Waals surface area contributed by atoms with E-state index < -0.39 is 11.7 Å². The highest BCUT2D eigenvalue weighted by Crippen LogP contribution is 2.36. The quantitative estimate of drug-likeness (QED) is 0.487. The highest BCUT2D eigenvalue weighted by atomic mass is 32.2. The van der Waals surface area contributed by atoms with Gasteiger partial charge in [-0.2, -0.15) is 0 Å². The van der Waals surface area contributed by atoms with E-state index in [1.54, 1.807) is 30.3 Å². The number of hydrogen-bond donors (Lipinski definition) is 0. The zero-order valence-corrected chi connectivity index (χ0v) is 14.8. The topological polar surface area (TPSA) is 50.5 Å². The number of rotatable bonds is 2. The van der Waals surface area contributed by atoms with Gasteiger partial charge in [0.05, 0.1) is 21.5 Å². The maximum absolute atomic E-state index is 14.0. The van der Waals surface area contributed by atoms with Gasteiger partial charge < -0.3 is 4.42 Å². The summed E-state index contributed by atoms with van der Waals surface area (Å²) >= 11 is 6.24. The third kappa shape index (κ3) is 2.75. The molecule has 26 heavy (non-hydrogen) atoms. The lowest BCUT2D eigenvalue weighted by atomic mass is 10.1. The third-order valence-electron chi connectivity index (χ3n) is 3.88. The number of thiocarbonyl (C=S) groups is 1. The highest BCUT2D eigenvalue weighted by Gasteiger charge is 2.34. The van der Waals surface area contributed by atoms with Crippen molar-refractivity contribution in [1.82, 2.24) is 0 Å². The predicted octanol–water partition coefficient (Wildman–Crippen LogP) is 4.34. The van der Waals surface area contributed by atoms with Crippen LogP contribution < -0.4 is 10.3 Å². The number of fused-ring (bicyclic) bond motifs is 1. The average molecular weight is 383 g/mol. The molecule has 4 nitrogen and oxygen atoms in total. The van der Waals surface area contributed by atoms with Gasteiger partial charge in [0, 0.05) is 0 Å². The molecule has 0 spiro atoms. The second-order valence-corrected chi connectivity index (χ2v) is 7.16. The monoisotopic (exact) mass is 383 g/mol. The molecule has 0 N–H and O–H groups in total. The lowest BCUT2D eigenvalue weighted by Gasteiger charge is -2.14. The number of anilines is 1. The van der Waals surface area contributed by atoms with E-state index in [0.29, 0.717) is 11.0 Å². The van der Waals surface area contributed by atoms with Crippen LogP contribution in [0.2, 0.25) is 0 Å². The van der Waals surface area contributed by atoms with Crippen LogP contribution in [0, 0.1) is 5.82 Å². The van der Waals surface area contributed by atoms with Crippen LogP contribution in [0.25, 0.3) is 17.0 Å². The SMILES string of the molecule is O=C1/C(=C\c2coc3ccccc3c2=O)SC(=S)N1c1ccccc1F. The molecule has 1 fully saturated rings. The molecular formula is C19H10FNO3S2. The van der Waals surface area contributed by atoms with Crippen molar-refractivity contribution in [3.8, 4) is 0 Å². The number of carbonyl (C=O) groups is 1. The first-order chi connectivity index (χ1) is 12.6. The lowest BCUT2D eigenvalue weighted by Crippen LogP contribution is -2.28. The summed E-state index contributed by atoms with van der Waals surface area (Å²) in [7, 11) is 0. The van der Waals surface area contributed by atoms with Crippen molar-refractivity contribution >= 4 is 56.9 Å². The van der Waals surface area contributed by atoms with E-state index in [0.717, 1.165) is 16.7 Å². The number of thioether (sulfide) groups is 1. The van der Waals surface area contributed by atoms with Gasteiger partial charge in [-0.15, -0.1) is 0 Å². The summed E-state index contributed by atoms with van der Waals surface area (Å²) in [5.74, 6) is -1.02. The molecule has 1 amide bonds. The molecule has 1 aliphatic rings. The summed E-state index contributed by atoms with van der Waals surface area (Å²) in [5.41, 5.74) is 0.540. The number of amides is 1. The molecule has 7 heteroatoms. The summed E-state index contributed by atoms with van der Waals surface area (Å²) in [6.45, 7) is 0. The summed E-state index contributed by atoms with van der Waals surface area (Å²) in [4.78, 5) is 26.6. The molecule has 0 radical (unpaired) electrons. The smallest absolute Gasteiger partial charge is 0.270 e. The van der Waals surface area contributed by atoms with Crippen molar-refractivity contribution in [2.75, 3.05) is 4.90 Å². The molecule has 0 atom stereocenters. The van der Waals surface area contributed by atoms with E-state index in [-0.39, 0.29) is 25.9 Å². The molecule has 128 valence electrons. The zero-order valence-electron chi connectivity index (χ0n) is 13.1. The number of hydrogen-bond acceptors (Lipinski definition) is 5. The fourth-order valence-electron chi connectivity index (χ4n) is 2.64. The molecule has 0 saturated carbocycles. The van der Waals surface area contributed by atoms with E-state index in [9.17, 15) is 14.0 Å². The number of benzene rings is 2. The van der Waals surface area contributed by atoms with Gasteiger partial charge in [-0.3, -0.25) is 14.5 Å². The van der Waals surface area contributed by atoms with Crippen molar-refractivity contribution in [2.24, 2.45) is 0 Å². The second-order valence-electron chi connectivity index (χ2n) is 5.48. The first-order valence-corrected chi connectivity index (χ1v) is 8.82. The Labute approximate surface area is 156 Å². The number of para-hydroxylation sites is 2. The Balaban J connectivity index is 1.77. The minimum Gasteiger partial charge on any atom is -0.463 e. The normalized spacial score (nSPS) is 16.0. The molecule has 0 bridgehead atoms. The van der Waals surface area contributed by atoms with E-state index in [2.05, 4.69) is 0 Å². The molecule has 1 aromatic heterocycles. The number of halogens is 1. The van der Waals surface area contributed by atoms with Crippen molar-refractivity contribution < 1.29 is 13.6 Å². The van der Waals surface area contributed by atoms with Crippen molar-refractivity contribution in [1.29, 1.82) is 0 Å². The Bertz CT molecular complexity index is 1150. The molecule has 2 aromatic carbocycles. The van der Waals surface area contributed by atoms with E-state index in [1.165, 1.54) is 30.5 Å². The Kier molecular flexibility index (Phi) is 4.18. The number of nitrogens with zero attached hydrogens (tertiary/aromatic N) is 1. The molecule has 1 aliphatic heterocycles. The van der Waals surface area contributed by atoms with Gasteiger partial charge in [0.15, 0.2) is 9.75 Å². The fourth-order valence-corrected chi connectivity index (χ4v) is 3.92. The Hall–Kier alpha value is -2.77. The van der Waals surface area contributed by atoms with Gasteiger partial charge >= 0.3 is 0 Å². The maximum atomic E-state index is 14.0. The minimum absolute atomic E-state index is 0.0870. The van der Waals surface area contributed by atoms with Gasteiger partial charge in [0.2, 0.25) is 0 Å². The van der Waals surface area contributed by atoms with Crippen molar-refractivity contribution in [3.05, 3.63) is 81.3 Å². The summed E-state index contributed by atoms with van der Waals surface area (Å²) in [6, 6.07) is 12.8. The molecular weight excluding hydrogens is 373 g/mol. The van der Waals surface area contributed by atoms with E-state index in [4.69, 9.17) is 16.6 Å². The Morgan fingerprint density at radius 3 is 2.62 bits per heavy atom. The van der Waals surface area contributed by atoms with Crippen molar-refractivity contribution in [3.63, 3.8) is 0 Å². The van der Waals surface area contributed by atoms with Crippen LogP contribution in [0.1, 0.15) is 5.56 Å². The summed E-state index contributed by atoms with van der Waals surface area (Å²) in [5, 5.41) is 0.422. The Morgan fingerprint density at radius 1 is 1.08 bits per heavy atom. The lowest BCUT2D eigenvalue weighted by molar-refractivity contribution is -0.113. The van der Waals surface area contributed by atoms with Crippen LogP contribution in [0.4, 0.5) is 10.1 Å². The maximum Gasteiger partial charge on any atom is 0.270 e. The minimum atomic E-state index is -0.546. The molecule has 1 saturated heterocycles. The third-order valence-corrected chi connectivity index (χ3v) is 5.18. The molecule has 4 rings (SSSR count). The van der Waals surface area contributed by atoms with Gasteiger partial charge in [0.1, 0.15) is 17.7 Å². The largest absolute Gasteiger partial charge is 0.463 e. The second kappa shape index (κ2) is 6.51. The molecule has 2 heterocycles. The zero-order chi connectivity index (χ0) is 18.3. The van der Waals surface area contributed by atoms with Crippen molar-refractivity contribution in [2.45, 2.75) is 0 Å². The van der Waals surface area contributed by atoms with Gasteiger partial charge in [0.25, 0.3) is 5.91 Å². The molecule has 0 unspecified atom stereocenters. The van der Waals surface area contributed by atoms with Gasteiger partial charge in [-0.1, -0.05) is 48.2 Å². The van der Waals surface area contributed by atoms with Gasteiger partial charge in [-0.05, 0) is 30.3 Å². The first-order valence-electron chi connectivity index (χ1n) is 7.59. The van der Waals surface area contributed by atoms with Crippen LogP contribution in [-0.4, -0.2) is 10.2 Å².